The van der Waals surface area contributed by atoms with Crippen LogP contribution >= 0.6 is 0 Å². The van der Waals surface area contributed by atoms with Gasteiger partial charge in [0.05, 0.1) is 6.04 Å². The average Bonchev–Trinajstić information content (AvgIpc) is 3.15. The SMILES string of the molecule is O=C1CCCN1CCC(=O)N(Cc1cccnc1)[C@@H]1CCCc2ccccc21. The summed E-state index contributed by atoms with van der Waals surface area (Å²) in [7, 11) is 0. The fraction of sp³-hybridized carbons (Fsp3) is 0.435. The molecule has 0 radical (unpaired) electrons. The van der Waals surface area contributed by atoms with Crippen LogP contribution in [0.5, 0.6) is 0 Å². The van der Waals surface area contributed by atoms with E-state index in [1.165, 1.54) is 11.1 Å². The second kappa shape index (κ2) is 8.55. The van der Waals surface area contributed by atoms with Gasteiger partial charge in [-0.15, -0.1) is 0 Å². The lowest BCUT2D eigenvalue weighted by Gasteiger charge is -2.36. The molecular weight excluding hydrogens is 350 g/mol. The van der Waals surface area contributed by atoms with Crippen LogP contribution < -0.4 is 0 Å². The van der Waals surface area contributed by atoms with Crippen molar-refractivity contribution >= 4 is 11.8 Å². The average molecular weight is 377 g/mol. The standard InChI is InChI=1S/C23H27N3O2/c27-22-11-5-14-25(22)15-12-23(28)26(17-18-6-4-13-24-16-18)21-10-3-8-19-7-1-2-9-20(19)21/h1-2,4,6-7,9,13,16,21H,3,5,8,10-12,14-15,17H2/t21-/m1/s1. The Morgan fingerprint density at radius 1 is 1.14 bits per heavy atom. The number of pyridine rings is 1. The molecule has 1 aliphatic heterocycles. The van der Waals surface area contributed by atoms with E-state index in [1.54, 1.807) is 6.20 Å². The van der Waals surface area contributed by atoms with Gasteiger partial charge in [0.2, 0.25) is 11.8 Å². The van der Waals surface area contributed by atoms with Gasteiger partial charge in [-0.1, -0.05) is 30.3 Å². The predicted octanol–water partition coefficient (Wildman–Crippen LogP) is 3.50. The molecule has 1 aromatic carbocycles. The third-order valence-electron chi connectivity index (χ3n) is 5.88. The van der Waals surface area contributed by atoms with Crippen LogP contribution in [-0.2, 0) is 22.6 Å². The zero-order chi connectivity index (χ0) is 19.3. The van der Waals surface area contributed by atoms with E-state index >= 15 is 0 Å². The van der Waals surface area contributed by atoms with Crippen molar-refractivity contribution in [2.75, 3.05) is 13.1 Å². The van der Waals surface area contributed by atoms with E-state index in [2.05, 4.69) is 29.2 Å². The quantitative estimate of drug-likeness (QED) is 0.774. The second-order valence-corrected chi connectivity index (χ2v) is 7.72. The Morgan fingerprint density at radius 2 is 2.04 bits per heavy atom. The van der Waals surface area contributed by atoms with Crippen molar-refractivity contribution in [2.24, 2.45) is 0 Å². The van der Waals surface area contributed by atoms with Crippen molar-refractivity contribution in [1.82, 2.24) is 14.8 Å². The van der Waals surface area contributed by atoms with Gasteiger partial charge < -0.3 is 9.80 Å². The minimum Gasteiger partial charge on any atom is -0.342 e. The van der Waals surface area contributed by atoms with Crippen molar-refractivity contribution < 1.29 is 9.59 Å². The Labute approximate surface area is 166 Å². The monoisotopic (exact) mass is 377 g/mol. The van der Waals surface area contributed by atoms with Crippen molar-refractivity contribution in [3.63, 3.8) is 0 Å². The summed E-state index contributed by atoms with van der Waals surface area (Å²) >= 11 is 0. The van der Waals surface area contributed by atoms with Crippen molar-refractivity contribution in [3.8, 4) is 0 Å². The molecule has 0 unspecified atom stereocenters. The molecule has 146 valence electrons. The third kappa shape index (κ3) is 4.08. The van der Waals surface area contributed by atoms with Crippen LogP contribution in [0.15, 0.2) is 48.8 Å². The largest absolute Gasteiger partial charge is 0.342 e. The number of carbonyl (C=O) groups is 2. The summed E-state index contributed by atoms with van der Waals surface area (Å²) in [6.45, 7) is 1.86. The molecule has 2 heterocycles. The maximum atomic E-state index is 13.3. The number of benzene rings is 1. The molecule has 2 aromatic rings. The number of fused-ring (bicyclic) bond motifs is 1. The van der Waals surface area contributed by atoms with Crippen LogP contribution in [0.25, 0.3) is 0 Å². The molecular formula is C23H27N3O2. The Hall–Kier alpha value is -2.69. The van der Waals surface area contributed by atoms with E-state index in [0.717, 1.165) is 37.8 Å². The van der Waals surface area contributed by atoms with Crippen LogP contribution in [0, 0.1) is 0 Å². The maximum Gasteiger partial charge on any atom is 0.225 e. The van der Waals surface area contributed by atoms with Crippen LogP contribution in [0.3, 0.4) is 0 Å². The number of likely N-dealkylation sites (tertiary alicyclic amines) is 1. The second-order valence-electron chi connectivity index (χ2n) is 7.72. The summed E-state index contributed by atoms with van der Waals surface area (Å²) < 4.78 is 0. The minimum absolute atomic E-state index is 0.0898. The molecule has 2 amide bonds. The van der Waals surface area contributed by atoms with Crippen molar-refractivity contribution in [2.45, 2.75) is 51.1 Å². The summed E-state index contributed by atoms with van der Waals surface area (Å²) in [6, 6.07) is 12.5. The van der Waals surface area contributed by atoms with Gasteiger partial charge in [-0.3, -0.25) is 14.6 Å². The lowest BCUT2D eigenvalue weighted by atomic mass is 9.86. The highest BCUT2D eigenvalue weighted by molar-refractivity contribution is 5.80. The summed E-state index contributed by atoms with van der Waals surface area (Å²) in [5, 5.41) is 0. The van der Waals surface area contributed by atoms with E-state index in [9.17, 15) is 9.59 Å². The number of nitrogens with zero attached hydrogens (tertiary/aromatic N) is 3. The molecule has 1 fully saturated rings. The van der Waals surface area contributed by atoms with Gasteiger partial charge in [-0.25, -0.2) is 0 Å². The smallest absolute Gasteiger partial charge is 0.225 e. The zero-order valence-electron chi connectivity index (χ0n) is 16.2. The topological polar surface area (TPSA) is 53.5 Å². The first-order chi connectivity index (χ1) is 13.7. The van der Waals surface area contributed by atoms with E-state index < -0.39 is 0 Å². The molecule has 0 bridgehead atoms. The first kappa shape index (κ1) is 18.7. The fourth-order valence-corrected chi connectivity index (χ4v) is 4.43. The molecule has 28 heavy (non-hydrogen) atoms. The van der Waals surface area contributed by atoms with Crippen molar-refractivity contribution in [1.29, 1.82) is 0 Å². The summed E-state index contributed by atoms with van der Waals surface area (Å²) in [5.41, 5.74) is 3.65. The zero-order valence-corrected chi connectivity index (χ0v) is 16.2. The number of hydrogen-bond acceptors (Lipinski definition) is 3. The van der Waals surface area contributed by atoms with E-state index in [-0.39, 0.29) is 17.9 Å². The molecule has 0 spiro atoms. The highest BCUT2D eigenvalue weighted by Crippen LogP contribution is 2.35. The number of amides is 2. The highest BCUT2D eigenvalue weighted by Gasteiger charge is 2.30. The number of carbonyl (C=O) groups excluding carboxylic acids is 2. The van der Waals surface area contributed by atoms with E-state index in [4.69, 9.17) is 0 Å². The summed E-state index contributed by atoms with van der Waals surface area (Å²) in [5.74, 6) is 0.292. The van der Waals surface area contributed by atoms with E-state index in [0.29, 0.717) is 25.9 Å². The van der Waals surface area contributed by atoms with Gasteiger partial charge in [0, 0.05) is 44.9 Å². The Kier molecular flexibility index (Phi) is 5.70. The van der Waals surface area contributed by atoms with Crippen LogP contribution in [-0.4, -0.2) is 39.7 Å². The van der Waals surface area contributed by atoms with Crippen LogP contribution in [0.2, 0.25) is 0 Å². The van der Waals surface area contributed by atoms with Gasteiger partial charge in [0.15, 0.2) is 0 Å². The summed E-state index contributed by atoms with van der Waals surface area (Å²) in [4.78, 5) is 33.2. The van der Waals surface area contributed by atoms with Gasteiger partial charge in [0.25, 0.3) is 0 Å². The molecule has 5 heteroatoms. The number of rotatable bonds is 6. The van der Waals surface area contributed by atoms with Crippen LogP contribution in [0.1, 0.15) is 54.8 Å². The Bertz CT molecular complexity index is 837. The van der Waals surface area contributed by atoms with Crippen molar-refractivity contribution in [3.05, 3.63) is 65.5 Å². The third-order valence-corrected chi connectivity index (χ3v) is 5.88. The molecule has 0 N–H and O–H groups in total. The van der Waals surface area contributed by atoms with E-state index in [1.807, 2.05) is 28.1 Å². The molecule has 1 saturated heterocycles. The first-order valence-electron chi connectivity index (χ1n) is 10.3. The first-order valence-corrected chi connectivity index (χ1v) is 10.3. The van der Waals surface area contributed by atoms with Gasteiger partial charge in [-0.05, 0) is 48.4 Å². The molecule has 5 nitrogen and oxygen atoms in total. The van der Waals surface area contributed by atoms with Gasteiger partial charge in [-0.2, -0.15) is 0 Å². The highest BCUT2D eigenvalue weighted by atomic mass is 16.2. The predicted molar refractivity (Wildman–Crippen MR) is 107 cm³/mol. The number of aryl methyl sites for hydroxylation is 1. The molecule has 4 rings (SSSR count). The molecule has 2 aliphatic rings. The molecule has 1 aliphatic carbocycles. The number of aromatic nitrogens is 1. The minimum atomic E-state index is 0.0898. The normalized spacial score (nSPS) is 18.8. The lowest BCUT2D eigenvalue weighted by molar-refractivity contribution is -0.136. The molecule has 1 atom stereocenters. The Balaban J connectivity index is 1.55. The number of hydrogen-bond donors (Lipinski definition) is 0. The van der Waals surface area contributed by atoms with Crippen LogP contribution in [0.4, 0.5) is 0 Å². The van der Waals surface area contributed by atoms with Gasteiger partial charge >= 0.3 is 0 Å². The maximum absolute atomic E-state index is 13.3. The fourth-order valence-electron chi connectivity index (χ4n) is 4.43. The lowest BCUT2D eigenvalue weighted by Crippen LogP contribution is -2.38. The Morgan fingerprint density at radius 3 is 2.82 bits per heavy atom. The van der Waals surface area contributed by atoms with Gasteiger partial charge in [0.1, 0.15) is 0 Å². The molecule has 1 aromatic heterocycles. The summed E-state index contributed by atoms with van der Waals surface area (Å²) in [6.07, 6.45) is 8.62. The molecule has 0 saturated carbocycles.